The molecule has 5 heteroatoms. The van der Waals surface area contributed by atoms with Gasteiger partial charge < -0.3 is 14.5 Å². The fourth-order valence-corrected chi connectivity index (χ4v) is 1.94. The van der Waals surface area contributed by atoms with Crippen LogP contribution < -0.4 is 0 Å². The third-order valence-corrected chi connectivity index (χ3v) is 2.74. The Kier molecular flexibility index (Phi) is 4.17. The van der Waals surface area contributed by atoms with Gasteiger partial charge in [-0.3, -0.25) is 4.90 Å². The molecule has 0 amide bonds. The Balaban J connectivity index is 1.99. The van der Waals surface area contributed by atoms with Gasteiger partial charge in [0, 0.05) is 25.0 Å². The molecule has 0 saturated carbocycles. The number of H-pyrrole nitrogens is 1. The first kappa shape index (κ1) is 12.9. The standard InChI is InChI=1S/C13H19N3O2/c1-10-3-4-13(18-10)9-16(5-6-17)8-12-7-14-11(2)15-12/h3-4,7,17H,5-6,8-9H2,1-2H3,(H,14,15). The van der Waals surface area contributed by atoms with E-state index in [4.69, 9.17) is 9.52 Å². The molecule has 2 aromatic heterocycles. The quantitative estimate of drug-likeness (QED) is 0.816. The highest BCUT2D eigenvalue weighted by molar-refractivity contribution is 5.06. The van der Waals surface area contributed by atoms with Crippen molar-refractivity contribution in [2.75, 3.05) is 13.2 Å². The maximum absolute atomic E-state index is 9.11. The van der Waals surface area contributed by atoms with Crippen LogP contribution in [0.4, 0.5) is 0 Å². The Hall–Kier alpha value is -1.59. The Labute approximate surface area is 106 Å². The first-order chi connectivity index (χ1) is 8.67. The van der Waals surface area contributed by atoms with Gasteiger partial charge in [-0.15, -0.1) is 0 Å². The Morgan fingerprint density at radius 1 is 1.33 bits per heavy atom. The average molecular weight is 249 g/mol. The molecular formula is C13H19N3O2. The zero-order valence-corrected chi connectivity index (χ0v) is 10.8. The maximum Gasteiger partial charge on any atom is 0.118 e. The fraction of sp³-hybridized carbons (Fsp3) is 0.462. The van der Waals surface area contributed by atoms with Gasteiger partial charge >= 0.3 is 0 Å². The van der Waals surface area contributed by atoms with Crippen molar-refractivity contribution in [1.82, 2.24) is 14.9 Å². The van der Waals surface area contributed by atoms with Gasteiger partial charge in [-0.25, -0.2) is 4.98 Å². The van der Waals surface area contributed by atoms with Crippen LogP contribution in [0.2, 0.25) is 0 Å². The SMILES string of the molecule is Cc1ncc(CN(CCO)Cc2ccc(C)o2)[nH]1. The first-order valence-corrected chi connectivity index (χ1v) is 6.06. The number of nitrogens with zero attached hydrogens (tertiary/aromatic N) is 2. The summed E-state index contributed by atoms with van der Waals surface area (Å²) in [7, 11) is 0. The topological polar surface area (TPSA) is 65.3 Å². The van der Waals surface area contributed by atoms with Crippen molar-refractivity contribution in [2.24, 2.45) is 0 Å². The van der Waals surface area contributed by atoms with Gasteiger partial charge in [-0.2, -0.15) is 0 Å². The highest BCUT2D eigenvalue weighted by Crippen LogP contribution is 2.11. The normalized spacial score (nSPS) is 11.3. The van der Waals surface area contributed by atoms with Crippen molar-refractivity contribution in [2.45, 2.75) is 26.9 Å². The molecule has 2 aromatic rings. The van der Waals surface area contributed by atoms with Crippen LogP contribution in [0.1, 0.15) is 23.0 Å². The van der Waals surface area contributed by atoms with Gasteiger partial charge in [0.1, 0.15) is 17.3 Å². The number of aromatic amines is 1. The summed E-state index contributed by atoms with van der Waals surface area (Å²) in [5.74, 6) is 2.73. The van der Waals surface area contributed by atoms with E-state index in [-0.39, 0.29) is 6.61 Å². The zero-order valence-electron chi connectivity index (χ0n) is 10.8. The zero-order chi connectivity index (χ0) is 13.0. The van der Waals surface area contributed by atoms with E-state index in [0.717, 1.165) is 29.6 Å². The highest BCUT2D eigenvalue weighted by atomic mass is 16.3. The maximum atomic E-state index is 9.11. The van der Waals surface area contributed by atoms with E-state index in [0.29, 0.717) is 13.1 Å². The molecule has 18 heavy (non-hydrogen) atoms. The van der Waals surface area contributed by atoms with E-state index in [2.05, 4.69) is 14.9 Å². The largest absolute Gasteiger partial charge is 0.465 e. The van der Waals surface area contributed by atoms with Crippen molar-refractivity contribution in [1.29, 1.82) is 0 Å². The third kappa shape index (κ3) is 3.45. The summed E-state index contributed by atoms with van der Waals surface area (Å²) in [6.07, 6.45) is 1.83. The Bertz CT molecular complexity index is 448. The van der Waals surface area contributed by atoms with Crippen LogP contribution in [0.5, 0.6) is 0 Å². The molecule has 0 atom stereocenters. The number of aliphatic hydroxyl groups is 1. The van der Waals surface area contributed by atoms with Gasteiger partial charge in [-0.05, 0) is 26.0 Å². The average Bonchev–Trinajstić information content (AvgIpc) is 2.89. The molecule has 2 heterocycles. The molecule has 0 aromatic carbocycles. The van der Waals surface area contributed by atoms with Crippen molar-refractivity contribution in [3.63, 3.8) is 0 Å². The molecule has 98 valence electrons. The first-order valence-electron chi connectivity index (χ1n) is 6.06. The van der Waals surface area contributed by atoms with Crippen LogP contribution in [-0.4, -0.2) is 33.1 Å². The summed E-state index contributed by atoms with van der Waals surface area (Å²) in [6, 6.07) is 3.92. The number of rotatable bonds is 6. The highest BCUT2D eigenvalue weighted by Gasteiger charge is 2.10. The van der Waals surface area contributed by atoms with Crippen molar-refractivity contribution >= 4 is 0 Å². The molecule has 0 aliphatic rings. The predicted molar refractivity (Wildman–Crippen MR) is 68.0 cm³/mol. The third-order valence-electron chi connectivity index (χ3n) is 2.74. The van der Waals surface area contributed by atoms with Crippen LogP contribution in [-0.2, 0) is 13.1 Å². The number of furan rings is 1. The molecule has 2 N–H and O–H groups in total. The molecule has 0 aliphatic heterocycles. The van der Waals surface area contributed by atoms with Crippen molar-refractivity contribution < 1.29 is 9.52 Å². The molecule has 0 unspecified atom stereocenters. The number of aliphatic hydroxyl groups excluding tert-OH is 1. The number of hydrogen-bond donors (Lipinski definition) is 2. The summed E-state index contributed by atoms with van der Waals surface area (Å²) in [4.78, 5) is 9.48. The van der Waals surface area contributed by atoms with E-state index in [1.165, 1.54) is 0 Å². The molecule has 0 bridgehead atoms. The predicted octanol–water partition coefficient (Wildman–Crippen LogP) is 1.61. The molecule has 5 nitrogen and oxygen atoms in total. The summed E-state index contributed by atoms with van der Waals surface area (Å²) < 4.78 is 5.55. The molecule has 0 saturated heterocycles. The lowest BCUT2D eigenvalue weighted by atomic mass is 10.3. The minimum atomic E-state index is 0.132. The number of aryl methyl sites for hydroxylation is 2. The lowest BCUT2D eigenvalue weighted by molar-refractivity contribution is 0.173. The Morgan fingerprint density at radius 2 is 2.17 bits per heavy atom. The van der Waals surface area contributed by atoms with Crippen molar-refractivity contribution in [3.05, 3.63) is 41.4 Å². The molecule has 0 aliphatic carbocycles. The Morgan fingerprint density at radius 3 is 2.72 bits per heavy atom. The van der Waals surface area contributed by atoms with Gasteiger partial charge in [-0.1, -0.05) is 0 Å². The second-order valence-electron chi connectivity index (χ2n) is 4.44. The molecule has 2 rings (SSSR count). The minimum Gasteiger partial charge on any atom is -0.465 e. The number of hydrogen-bond acceptors (Lipinski definition) is 4. The molecular weight excluding hydrogens is 230 g/mol. The number of nitrogens with one attached hydrogen (secondary N) is 1. The molecule has 0 fully saturated rings. The van der Waals surface area contributed by atoms with Crippen molar-refractivity contribution in [3.8, 4) is 0 Å². The number of aromatic nitrogens is 2. The van der Waals surface area contributed by atoms with Gasteiger partial charge in [0.15, 0.2) is 0 Å². The smallest absolute Gasteiger partial charge is 0.118 e. The van der Waals surface area contributed by atoms with Crippen LogP contribution in [0.3, 0.4) is 0 Å². The molecule has 0 spiro atoms. The van der Waals surface area contributed by atoms with Crippen LogP contribution in [0.15, 0.2) is 22.7 Å². The second kappa shape index (κ2) is 5.84. The van der Waals surface area contributed by atoms with E-state index in [1.54, 1.807) is 0 Å². The van der Waals surface area contributed by atoms with Gasteiger partial charge in [0.05, 0.1) is 13.2 Å². The van der Waals surface area contributed by atoms with Crippen LogP contribution >= 0.6 is 0 Å². The summed E-state index contributed by atoms with van der Waals surface area (Å²) in [6.45, 7) is 6.01. The van der Waals surface area contributed by atoms with Crippen LogP contribution in [0, 0.1) is 13.8 Å². The fourth-order valence-electron chi connectivity index (χ4n) is 1.94. The van der Waals surface area contributed by atoms with Crippen LogP contribution in [0.25, 0.3) is 0 Å². The van der Waals surface area contributed by atoms with E-state index < -0.39 is 0 Å². The van der Waals surface area contributed by atoms with E-state index in [9.17, 15) is 0 Å². The summed E-state index contributed by atoms with van der Waals surface area (Å²) >= 11 is 0. The lowest BCUT2D eigenvalue weighted by Gasteiger charge is -2.19. The van der Waals surface area contributed by atoms with E-state index >= 15 is 0 Å². The van der Waals surface area contributed by atoms with Gasteiger partial charge in [0.25, 0.3) is 0 Å². The number of imidazole rings is 1. The summed E-state index contributed by atoms with van der Waals surface area (Å²) in [5.41, 5.74) is 1.05. The molecule has 0 radical (unpaired) electrons. The minimum absolute atomic E-state index is 0.132. The van der Waals surface area contributed by atoms with E-state index in [1.807, 2.05) is 32.2 Å². The monoisotopic (exact) mass is 249 g/mol. The lowest BCUT2D eigenvalue weighted by Crippen LogP contribution is -2.26. The summed E-state index contributed by atoms with van der Waals surface area (Å²) in [5, 5.41) is 9.11. The second-order valence-corrected chi connectivity index (χ2v) is 4.44. The van der Waals surface area contributed by atoms with Gasteiger partial charge in [0.2, 0.25) is 0 Å².